The second-order valence-electron chi connectivity index (χ2n) is 17.5. The highest BCUT2D eigenvalue weighted by Crippen LogP contribution is 2.16. The Kier molecular flexibility index (Phi) is 27.9. The summed E-state index contributed by atoms with van der Waals surface area (Å²) in [7, 11) is 0. The number of carboxylic acid groups (broad SMARTS) is 1. The molecule has 1 aromatic carbocycles. The highest BCUT2D eigenvalue weighted by atomic mass is 16.5. The standard InChI is InChI=1S/C47H79N9O10/c1-4-31(2)40-44(63)52-35(25-26-48)42(61)54-37(30-39(59)60)46(65)66-32(3)41(45(64)53-36(43(62)56-40)28-33-22-18-17-19-23-33)55-38(58)29-34(57)24-20-15-13-11-9-7-5-6-8-10-12-14-16-21-27-51-47(49)50/h17-19,22-23,31-32,34-37,40-41,57H,4-16,20-21,24-30,48H2,1-3H3,(H,52,63)(H,53,64)(H,54,61)(H,55,58)(H,56,62)(H,59,60)(H4,49,50,51)/t31-,32+,34?,35-,36+,37-,40-,41-/m0/s1. The van der Waals surface area contributed by atoms with Crippen molar-refractivity contribution < 1.29 is 48.5 Å². The number of guanidine groups is 1. The third-order valence-corrected chi connectivity index (χ3v) is 11.8. The number of cyclic esters (lactones) is 1. The van der Waals surface area contributed by atoms with Gasteiger partial charge in [-0.2, -0.15) is 0 Å². The summed E-state index contributed by atoms with van der Waals surface area (Å²) in [6, 6.07) is 1.55. The Labute approximate surface area is 390 Å². The molecule has 0 radical (unpaired) electrons. The number of aliphatic hydroxyl groups excluding tert-OH is 1. The van der Waals surface area contributed by atoms with E-state index in [1.165, 1.54) is 51.9 Å². The summed E-state index contributed by atoms with van der Waals surface area (Å²) >= 11 is 0. The summed E-state index contributed by atoms with van der Waals surface area (Å²) < 4.78 is 5.55. The summed E-state index contributed by atoms with van der Waals surface area (Å²) in [6.07, 6.45) is 12.3. The van der Waals surface area contributed by atoms with Gasteiger partial charge in [0.15, 0.2) is 5.96 Å². The van der Waals surface area contributed by atoms with E-state index < -0.39 is 96.2 Å². The first-order valence-electron chi connectivity index (χ1n) is 24.0. The van der Waals surface area contributed by atoms with Crippen molar-refractivity contribution in [2.45, 2.75) is 192 Å². The largest absolute Gasteiger partial charge is 0.481 e. The van der Waals surface area contributed by atoms with E-state index in [2.05, 4.69) is 31.6 Å². The molecule has 0 aliphatic carbocycles. The van der Waals surface area contributed by atoms with E-state index in [9.17, 15) is 43.8 Å². The molecule has 372 valence electrons. The van der Waals surface area contributed by atoms with Crippen LogP contribution in [0.5, 0.6) is 0 Å². The third-order valence-electron chi connectivity index (χ3n) is 11.8. The average molecular weight is 930 g/mol. The predicted octanol–water partition coefficient (Wildman–Crippen LogP) is 2.34. The number of hydrogen-bond acceptors (Lipinski definition) is 11. The topological polar surface area (TPSA) is 320 Å². The molecule has 13 N–H and O–H groups in total. The van der Waals surface area contributed by atoms with Crippen molar-refractivity contribution in [2.24, 2.45) is 28.1 Å². The number of aliphatic imine (C=N–C) groups is 1. The molecule has 5 amide bonds. The van der Waals surface area contributed by atoms with Crippen LogP contribution in [0.2, 0.25) is 0 Å². The van der Waals surface area contributed by atoms with Crippen molar-refractivity contribution in [2.75, 3.05) is 13.1 Å². The van der Waals surface area contributed by atoms with Gasteiger partial charge in [0.2, 0.25) is 29.5 Å². The maximum absolute atomic E-state index is 14.2. The van der Waals surface area contributed by atoms with E-state index in [1.807, 2.05) is 0 Å². The number of carbonyl (C=O) groups is 7. The highest BCUT2D eigenvalue weighted by molar-refractivity contribution is 5.97. The lowest BCUT2D eigenvalue weighted by atomic mass is 9.96. The van der Waals surface area contributed by atoms with Crippen LogP contribution in [0.25, 0.3) is 0 Å². The van der Waals surface area contributed by atoms with E-state index in [-0.39, 0.29) is 31.8 Å². The highest BCUT2D eigenvalue weighted by Gasteiger charge is 2.38. The number of ether oxygens (including phenoxy) is 1. The van der Waals surface area contributed by atoms with E-state index >= 15 is 0 Å². The zero-order valence-electron chi connectivity index (χ0n) is 39.4. The molecule has 19 heteroatoms. The van der Waals surface area contributed by atoms with Gasteiger partial charge in [0.1, 0.15) is 36.3 Å². The number of carboxylic acids is 1. The van der Waals surface area contributed by atoms with E-state index in [0.29, 0.717) is 31.4 Å². The molecule has 1 aliphatic heterocycles. The second-order valence-corrected chi connectivity index (χ2v) is 17.5. The van der Waals surface area contributed by atoms with Crippen molar-refractivity contribution in [3.05, 3.63) is 35.9 Å². The fourth-order valence-electron chi connectivity index (χ4n) is 7.71. The summed E-state index contributed by atoms with van der Waals surface area (Å²) in [5, 5.41) is 33.3. The van der Waals surface area contributed by atoms with Crippen LogP contribution in [0.4, 0.5) is 0 Å². The Morgan fingerprint density at radius 1 is 0.758 bits per heavy atom. The number of esters is 1. The lowest BCUT2D eigenvalue weighted by molar-refractivity contribution is -0.158. The van der Waals surface area contributed by atoms with E-state index in [0.717, 1.165) is 38.5 Å². The Hall–Kier alpha value is -5.30. The normalized spacial score (nSPS) is 21.9. The number of aliphatic hydroxyl groups is 1. The molecule has 1 aromatic rings. The van der Waals surface area contributed by atoms with Crippen molar-refractivity contribution >= 4 is 47.4 Å². The number of nitrogens with two attached hydrogens (primary N) is 3. The minimum absolute atomic E-state index is 0.0369. The number of rotatable bonds is 28. The van der Waals surface area contributed by atoms with Crippen LogP contribution < -0.4 is 43.8 Å². The molecule has 1 saturated heterocycles. The van der Waals surface area contributed by atoms with Gasteiger partial charge in [-0.25, -0.2) is 4.79 Å². The molecule has 1 fully saturated rings. The average Bonchev–Trinajstić information content (AvgIpc) is 3.26. The molecule has 2 rings (SSSR count). The molecular weight excluding hydrogens is 851 g/mol. The quantitative estimate of drug-likeness (QED) is 0.0250. The van der Waals surface area contributed by atoms with Gasteiger partial charge < -0.3 is 58.7 Å². The molecule has 8 atom stereocenters. The molecule has 0 bridgehead atoms. The summed E-state index contributed by atoms with van der Waals surface area (Å²) in [4.78, 5) is 98.4. The van der Waals surface area contributed by atoms with Gasteiger partial charge >= 0.3 is 11.9 Å². The van der Waals surface area contributed by atoms with Gasteiger partial charge in [0.05, 0.1) is 18.9 Å². The van der Waals surface area contributed by atoms with Crippen LogP contribution in [0, 0.1) is 5.92 Å². The molecular formula is C47H79N9O10. The predicted molar refractivity (Wildman–Crippen MR) is 251 cm³/mol. The zero-order valence-corrected chi connectivity index (χ0v) is 39.4. The van der Waals surface area contributed by atoms with Gasteiger partial charge in [0.25, 0.3) is 0 Å². The minimum atomic E-state index is -1.76. The van der Waals surface area contributed by atoms with Crippen LogP contribution in [-0.2, 0) is 44.7 Å². The molecule has 19 nitrogen and oxygen atoms in total. The number of aliphatic carboxylic acids is 1. The lowest BCUT2D eigenvalue weighted by Crippen LogP contribution is -2.62. The van der Waals surface area contributed by atoms with Crippen LogP contribution in [-0.4, -0.2) is 113 Å². The van der Waals surface area contributed by atoms with Gasteiger partial charge in [-0.05, 0) is 44.2 Å². The first-order chi connectivity index (χ1) is 31.6. The summed E-state index contributed by atoms with van der Waals surface area (Å²) in [5.74, 6) is -7.07. The molecule has 0 saturated carbocycles. The number of unbranched alkanes of at least 4 members (excludes halogenated alkanes) is 13. The SMILES string of the molecule is CC[C@H](C)[C@@H]1NC(=O)[C@@H](Cc2ccccc2)NC(=O)[C@@H](NC(=O)CC(O)CCCCCCCCCCCCCCCCN=C(N)N)[C@@H](C)OC(=O)[C@H](CC(=O)O)NC(=O)[C@H](CCN)NC1=O. The third kappa shape index (κ3) is 23.2. The Morgan fingerprint density at radius 2 is 1.29 bits per heavy atom. The van der Waals surface area contributed by atoms with Crippen LogP contribution in [0.1, 0.15) is 148 Å². The Balaban J connectivity index is 2.12. The van der Waals surface area contributed by atoms with Crippen LogP contribution >= 0.6 is 0 Å². The van der Waals surface area contributed by atoms with Crippen molar-refractivity contribution in [3.63, 3.8) is 0 Å². The first kappa shape index (κ1) is 56.8. The fraction of sp³-hybridized carbons (Fsp3) is 0.702. The zero-order chi connectivity index (χ0) is 48.9. The summed E-state index contributed by atoms with van der Waals surface area (Å²) in [6.45, 7) is 5.45. The maximum atomic E-state index is 14.2. The monoisotopic (exact) mass is 930 g/mol. The lowest BCUT2D eigenvalue weighted by Gasteiger charge is -2.31. The molecule has 1 heterocycles. The van der Waals surface area contributed by atoms with Crippen LogP contribution in [0.3, 0.4) is 0 Å². The second kappa shape index (κ2) is 32.4. The Bertz CT molecular complexity index is 1680. The molecule has 1 aliphatic rings. The Morgan fingerprint density at radius 3 is 1.83 bits per heavy atom. The van der Waals surface area contributed by atoms with Crippen molar-refractivity contribution in [3.8, 4) is 0 Å². The van der Waals surface area contributed by atoms with E-state index in [4.69, 9.17) is 21.9 Å². The number of nitrogens with zero attached hydrogens (tertiary/aromatic N) is 1. The van der Waals surface area contributed by atoms with Gasteiger partial charge in [-0.1, -0.05) is 134 Å². The number of benzene rings is 1. The number of amides is 5. The summed E-state index contributed by atoms with van der Waals surface area (Å²) in [5.41, 5.74) is 17.1. The fourth-order valence-corrected chi connectivity index (χ4v) is 7.71. The number of hydrogen-bond donors (Lipinski definition) is 10. The molecule has 66 heavy (non-hydrogen) atoms. The minimum Gasteiger partial charge on any atom is -0.481 e. The van der Waals surface area contributed by atoms with Crippen molar-refractivity contribution in [1.82, 2.24) is 26.6 Å². The molecule has 0 aromatic heterocycles. The maximum Gasteiger partial charge on any atom is 0.329 e. The van der Waals surface area contributed by atoms with Gasteiger partial charge in [-0.15, -0.1) is 0 Å². The number of carbonyl (C=O) groups excluding carboxylic acids is 6. The van der Waals surface area contributed by atoms with Crippen LogP contribution in [0.15, 0.2) is 35.3 Å². The molecule has 1 unspecified atom stereocenters. The number of nitrogens with one attached hydrogen (secondary N) is 5. The first-order valence-corrected chi connectivity index (χ1v) is 24.0. The smallest absolute Gasteiger partial charge is 0.329 e. The van der Waals surface area contributed by atoms with Crippen molar-refractivity contribution in [1.29, 1.82) is 0 Å². The van der Waals surface area contributed by atoms with E-state index in [1.54, 1.807) is 44.2 Å². The van der Waals surface area contributed by atoms with Gasteiger partial charge in [0, 0.05) is 13.0 Å². The molecule has 0 spiro atoms. The van der Waals surface area contributed by atoms with Gasteiger partial charge in [-0.3, -0.25) is 33.8 Å².